The largest absolute Gasteiger partial charge is 0.353 e. The molecule has 2 saturated heterocycles. The number of nitrogens with zero attached hydrogens (tertiary/aromatic N) is 2. The molecule has 2 aliphatic heterocycles. The van der Waals surface area contributed by atoms with E-state index in [0.717, 1.165) is 6.42 Å². The number of carbonyl (C=O) groups excluding carboxylic acids is 3. The molecule has 34 heavy (non-hydrogen) atoms. The number of carbonyl (C=O) groups is 3. The van der Waals surface area contributed by atoms with Crippen LogP contribution in [-0.2, 0) is 9.53 Å². The van der Waals surface area contributed by atoms with Gasteiger partial charge in [-0.15, -0.1) is 0 Å². The molecule has 0 aliphatic carbocycles. The maximum absolute atomic E-state index is 13.6. The van der Waals surface area contributed by atoms with Crippen molar-refractivity contribution in [3.63, 3.8) is 0 Å². The highest BCUT2D eigenvalue weighted by atomic mass is 35.5. The third-order valence-electron chi connectivity index (χ3n) is 6.73. The van der Waals surface area contributed by atoms with Gasteiger partial charge < -0.3 is 15.0 Å². The molecule has 1 N–H and O–H groups in total. The van der Waals surface area contributed by atoms with Crippen LogP contribution in [0.1, 0.15) is 53.8 Å². The second-order valence-electron chi connectivity index (χ2n) is 8.93. The lowest BCUT2D eigenvalue weighted by atomic mass is 9.96. The summed E-state index contributed by atoms with van der Waals surface area (Å²) in [4.78, 5) is 43.1. The van der Waals surface area contributed by atoms with Gasteiger partial charge in [0.05, 0.1) is 6.61 Å². The highest BCUT2D eigenvalue weighted by Crippen LogP contribution is 2.39. The van der Waals surface area contributed by atoms with Crippen molar-refractivity contribution in [1.82, 2.24) is 15.1 Å². The molecule has 7 nitrogen and oxygen atoms in total. The number of hydrogen-bond acceptors (Lipinski definition) is 4. The summed E-state index contributed by atoms with van der Waals surface area (Å²) in [5.74, 6) is -0.536. The predicted molar refractivity (Wildman–Crippen MR) is 130 cm³/mol. The molecule has 3 amide bonds. The van der Waals surface area contributed by atoms with Crippen molar-refractivity contribution in [3.8, 4) is 0 Å². The zero-order chi connectivity index (χ0) is 24.3. The van der Waals surface area contributed by atoms with Gasteiger partial charge in [-0.1, -0.05) is 36.7 Å². The molecule has 2 fully saturated rings. The number of halogens is 1. The van der Waals surface area contributed by atoms with E-state index in [4.69, 9.17) is 16.3 Å². The molecule has 0 saturated carbocycles. The van der Waals surface area contributed by atoms with Crippen LogP contribution >= 0.6 is 11.6 Å². The molecule has 0 bridgehead atoms. The minimum absolute atomic E-state index is 0.00317. The molecule has 2 aromatic carbocycles. The van der Waals surface area contributed by atoms with E-state index in [2.05, 4.69) is 5.32 Å². The van der Waals surface area contributed by atoms with Gasteiger partial charge in [-0.3, -0.25) is 19.3 Å². The molecule has 180 valence electrons. The number of amides is 3. The topological polar surface area (TPSA) is 79.0 Å². The SMILES string of the molecule is CCC(C)NC(=O)C1COC2(CCN(C(=O)c3ccc(Cl)cc3)CC2)N1C(=O)c1ccccc1. The molecule has 8 heteroatoms. The Kier molecular flexibility index (Phi) is 7.24. The average Bonchev–Trinajstić information content (AvgIpc) is 3.23. The Morgan fingerprint density at radius 1 is 1.03 bits per heavy atom. The molecule has 0 radical (unpaired) electrons. The van der Waals surface area contributed by atoms with E-state index in [1.54, 1.807) is 58.3 Å². The van der Waals surface area contributed by atoms with Gasteiger partial charge in [0.15, 0.2) is 0 Å². The summed E-state index contributed by atoms with van der Waals surface area (Å²) >= 11 is 5.95. The molecule has 4 rings (SSSR count). The first-order valence-electron chi connectivity index (χ1n) is 11.7. The standard InChI is InChI=1S/C26H30ClN3O4/c1-3-18(2)28-23(31)22-17-34-26(30(22)25(33)19-7-5-4-6-8-19)13-15-29(16-14-26)24(32)20-9-11-21(27)12-10-20/h4-12,18,22H,3,13-17H2,1-2H3,(H,28,31). The zero-order valence-corrected chi connectivity index (χ0v) is 20.3. The highest BCUT2D eigenvalue weighted by Gasteiger charge is 2.54. The van der Waals surface area contributed by atoms with Crippen molar-refractivity contribution < 1.29 is 19.1 Å². The lowest BCUT2D eigenvalue weighted by Gasteiger charge is -2.44. The number of hydrogen-bond donors (Lipinski definition) is 1. The van der Waals surface area contributed by atoms with E-state index in [1.807, 2.05) is 19.9 Å². The molecule has 2 aromatic rings. The van der Waals surface area contributed by atoms with Crippen LogP contribution in [0.25, 0.3) is 0 Å². The zero-order valence-electron chi connectivity index (χ0n) is 19.5. The minimum atomic E-state index is -0.929. The fourth-order valence-corrected chi connectivity index (χ4v) is 4.69. The maximum atomic E-state index is 13.6. The number of benzene rings is 2. The quantitative estimate of drug-likeness (QED) is 0.702. The molecule has 2 atom stereocenters. The first-order valence-corrected chi connectivity index (χ1v) is 12.1. The summed E-state index contributed by atoms with van der Waals surface area (Å²) < 4.78 is 6.22. The number of nitrogens with one attached hydrogen (secondary N) is 1. The summed E-state index contributed by atoms with van der Waals surface area (Å²) in [5.41, 5.74) is 0.144. The lowest BCUT2D eigenvalue weighted by Crippen LogP contribution is -2.60. The Labute approximate surface area is 205 Å². The van der Waals surface area contributed by atoms with E-state index in [-0.39, 0.29) is 30.4 Å². The van der Waals surface area contributed by atoms with Gasteiger partial charge in [0.1, 0.15) is 11.8 Å². The summed E-state index contributed by atoms with van der Waals surface area (Å²) in [6.07, 6.45) is 1.65. The van der Waals surface area contributed by atoms with Crippen LogP contribution in [-0.4, -0.2) is 65.0 Å². The van der Waals surface area contributed by atoms with Crippen LogP contribution < -0.4 is 5.32 Å². The number of ether oxygens (including phenoxy) is 1. The van der Waals surface area contributed by atoms with Crippen LogP contribution in [0.5, 0.6) is 0 Å². The second kappa shape index (κ2) is 10.2. The van der Waals surface area contributed by atoms with Crippen molar-refractivity contribution in [3.05, 3.63) is 70.7 Å². The van der Waals surface area contributed by atoms with Gasteiger partial charge in [0.25, 0.3) is 11.8 Å². The Hall–Kier alpha value is -2.90. The predicted octanol–water partition coefficient (Wildman–Crippen LogP) is 3.73. The summed E-state index contributed by atoms with van der Waals surface area (Å²) in [5, 5.41) is 3.57. The Bertz CT molecular complexity index is 1040. The first kappa shape index (κ1) is 24.2. The van der Waals surface area contributed by atoms with E-state index in [0.29, 0.717) is 42.1 Å². The second-order valence-corrected chi connectivity index (χ2v) is 9.37. The molecule has 1 spiro atoms. The normalized spacial score (nSPS) is 20.3. The van der Waals surface area contributed by atoms with Crippen molar-refractivity contribution in [2.75, 3.05) is 19.7 Å². The monoisotopic (exact) mass is 483 g/mol. The van der Waals surface area contributed by atoms with Gasteiger partial charge in [0.2, 0.25) is 5.91 Å². The Balaban J connectivity index is 1.56. The average molecular weight is 484 g/mol. The third kappa shape index (κ3) is 4.81. The van der Waals surface area contributed by atoms with Crippen LogP contribution in [0.2, 0.25) is 5.02 Å². The van der Waals surface area contributed by atoms with Crippen molar-refractivity contribution in [2.45, 2.75) is 50.9 Å². The smallest absolute Gasteiger partial charge is 0.256 e. The molecule has 2 heterocycles. The summed E-state index contributed by atoms with van der Waals surface area (Å²) in [6, 6.07) is 15.0. The van der Waals surface area contributed by atoms with E-state index >= 15 is 0 Å². The molecular formula is C26H30ClN3O4. The fraction of sp³-hybridized carbons (Fsp3) is 0.423. The van der Waals surface area contributed by atoms with E-state index in [9.17, 15) is 14.4 Å². The number of piperidine rings is 1. The van der Waals surface area contributed by atoms with Gasteiger partial charge in [-0.25, -0.2) is 0 Å². The third-order valence-corrected chi connectivity index (χ3v) is 6.98. The number of rotatable bonds is 5. The van der Waals surface area contributed by atoms with Crippen LogP contribution in [0, 0.1) is 0 Å². The van der Waals surface area contributed by atoms with Gasteiger partial charge in [-0.2, -0.15) is 0 Å². The fourth-order valence-electron chi connectivity index (χ4n) is 4.56. The van der Waals surface area contributed by atoms with Gasteiger partial charge >= 0.3 is 0 Å². The Morgan fingerprint density at radius 3 is 2.26 bits per heavy atom. The van der Waals surface area contributed by atoms with Crippen molar-refractivity contribution in [1.29, 1.82) is 0 Å². The van der Waals surface area contributed by atoms with Crippen LogP contribution in [0.3, 0.4) is 0 Å². The van der Waals surface area contributed by atoms with E-state index in [1.165, 1.54) is 0 Å². The molecular weight excluding hydrogens is 454 g/mol. The van der Waals surface area contributed by atoms with Gasteiger partial charge in [-0.05, 0) is 49.7 Å². The van der Waals surface area contributed by atoms with Gasteiger partial charge in [0, 0.05) is 48.1 Å². The lowest BCUT2D eigenvalue weighted by molar-refractivity contribution is -0.128. The Morgan fingerprint density at radius 2 is 1.65 bits per heavy atom. The molecule has 0 aromatic heterocycles. The van der Waals surface area contributed by atoms with Crippen LogP contribution in [0.4, 0.5) is 0 Å². The molecule has 2 unspecified atom stereocenters. The van der Waals surface area contributed by atoms with E-state index < -0.39 is 11.8 Å². The maximum Gasteiger partial charge on any atom is 0.256 e. The van der Waals surface area contributed by atoms with Crippen molar-refractivity contribution in [2.24, 2.45) is 0 Å². The number of likely N-dealkylation sites (tertiary alicyclic amines) is 1. The molecule has 2 aliphatic rings. The minimum Gasteiger partial charge on any atom is -0.353 e. The first-order chi connectivity index (χ1) is 16.3. The summed E-state index contributed by atoms with van der Waals surface area (Å²) in [6.45, 7) is 4.90. The summed E-state index contributed by atoms with van der Waals surface area (Å²) in [7, 11) is 0. The van der Waals surface area contributed by atoms with Crippen LogP contribution in [0.15, 0.2) is 54.6 Å². The highest BCUT2D eigenvalue weighted by molar-refractivity contribution is 6.30. The van der Waals surface area contributed by atoms with Crippen molar-refractivity contribution >= 4 is 29.3 Å².